The average Bonchev–Trinajstić information content (AvgIpc) is 2.26. The van der Waals surface area contributed by atoms with Crippen molar-refractivity contribution in [1.29, 1.82) is 0 Å². The molecule has 3 N–H and O–H groups in total. The third kappa shape index (κ3) is 2.84. The van der Waals surface area contributed by atoms with Gasteiger partial charge >= 0.3 is 0 Å². The molecule has 1 rings (SSSR count). The fourth-order valence-corrected chi connectivity index (χ4v) is 1.48. The molecule has 0 unspecified atom stereocenters. The number of rotatable bonds is 5. The Morgan fingerprint density at radius 2 is 2.00 bits per heavy atom. The minimum Gasteiger partial charge on any atom is -0.497 e. The third-order valence-corrected chi connectivity index (χ3v) is 2.31. The highest BCUT2D eigenvalue weighted by molar-refractivity contribution is 5.46. The number of hydrogen-bond acceptors (Lipinski definition) is 4. The van der Waals surface area contributed by atoms with Crippen molar-refractivity contribution >= 4 is 0 Å². The Labute approximate surface area is 90.4 Å². The zero-order valence-corrected chi connectivity index (χ0v) is 9.46. The molecular weight excluding hydrogens is 192 g/mol. The molecule has 0 aliphatic rings. The molecule has 0 atom stereocenters. The van der Waals surface area contributed by atoms with Crippen LogP contribution in [0.5, 0.6) is 11.5 Å². The van der Waals surface area contributed by atoms with Crippen molar-refractivity contribution in [2.24, 2.45) is 5.73 Å². The largest absolute Gasteiger partial charge is 0.497 e. The van der Waals surface area contributed by atoms with Crippen molar-refractivity contribution in [2.75, 3.05) is 20.9 Å². The van der Waals surface area contributed by atoms with Crippen LogP contribution in [-0.4, -0.2) is 20.9 Å². The summed E-state index contributed by atoms with van der Waals surface area (Å²) in [5.41, 5.74) is 7.64. The van der Waals surface area contributed by atoms with Crippen LogP contribution in [0.4, 0.5) is 0 Å². The monoisotopic (exact) mass is 210 g/mol. The van der Waals surface area contributed by atoms with E-state index in [-0.39, 0.29) is 0 Å². The first-order chi connectivity index (χ1) is 7.22. The van der Waals surface area contributed by atoms with Gasteiger partial charge in [0.2, 0.25) is 0 Å². The number of aryl methyl sites for hydroxylation is 1. The lowest BCUT2D eigenvalue weighted by Gasteiger charge is -2.13. The summed E-state index contributed by atoms with van der Waals surface area (Å²) in [7, 11) is 3.30. The smallest absolute Gasteiger partial charge is 0.127 e. The second kappa shape index (κ2) is 5.58. The van der Waals surface area contributed by atoms with Gasteiger partial charge in [0.25, 0.3) is 0 Å². The van der Waals surface area contributed by atoms with Crippen LogP contribution in [0.25, 0.3) is 0 Å². The molecule has 0 aliphatic carbocycles. The van der Waals surface area contributed by atoms with Crippen molar-refractivity contribution in [1.82, 2.24) is 5.32 Å². The SMILES string of the molecule is COc1cc(C)c(CNCN)c(OC)c1. The van der Waals surface area contributed by atoms with Crippen LogP contribution in [0.3, 0.4) is 0 Å². The highest BCUT2D eigenvalue weighted by Crippen LogP contribution is 2.28. The van der Waals surface area contributed by atoms with Gasteiger partial charge in [-0.25, -0.2) is 0 Å². The van der Waals surface area contributed by atoms with E-state index in [0.29, 0.717) is 13.2 Å². The molecule has 0 fully saturated rings. The molecule has 0 bridgehead atoms. The quantitative estimate of drug-likeness (QED) is 0.712. The second-order valence-corrected chi connectivity index (χ2v) is 3.26. The molecule has 84 valence electrons. The number of ether oxygens (including phenoxy) is 2. The Balaban J connectivity index is 3.01. The van der Waals surface area contributed by atoms with E-state index in [1.54, 1.807) is 14.2 Å². The van der Waals surface area contributed by atoms with Gasteiger partial charge in [-0.05, 0) is 18.6 Å². The summed E-state index contributed by atoms with van der Waals surface area (Å²) in [5, 5.41) is 3.07. The Morgan fingerprint density at radius 3 is 2.53 bits per heavy atom. The Bertz CT molecular complexity index is 327. The zero-order valence-electron chi connectivity index (χ0n) is 9.46. The first-order valence-electron chi connectivity index (χ1n) is 4.85. The molecule has 0 saturated carbocycles. The van der Waals surface area contributed by atoms with E-state index in [1.807, 2.05) is 19.1 Å². The standard InChI is InChI=1S/C11H18N2O2/c1-8-4-9(14-2)5-11(15-3)10(8)6-13-7-12/h4-5,13H,6-7,12H2,1-3H3. The third-order valence-electron chi connectivity index (χ3n) is 2.31. The van der Waals surface area contributed by atoms with Gasteiger partial charge in [0.05, 0.1) is 14.2 Å². The molecule has 0 aliphatic heterocycles. The predicted molar refractivity (Wildman–Crippen MR) is 60.2 cm³/mol. The van der Waals surface area contributed by atoms with Gasteiger partial charge in [-0.2, -0.15) is 0 Å². The van der Waals surface area contributed by atoms with Crippen LogP contribution in [0.2, 0.25) is 0 Å². The van der Waals surface area contributed by atoms with Crippen LogP contribution < -0.4 is 20.5 Å². The topological polar surface area (TPSA) is 56.5 Å². The number of methoxy groups -OCH3 is 2. The van der Waals surface area contributed by atoms with E-state index >= 15 is 0 Å². The summed E-state index contributed by atoms with van der Waals surface area (Å²) in [6, 6.07) is 3.86. The normalized spacial score (nSPS) is 10.1. The maximum absolute atomic E-state index is 5.40. The van der Waals surface area contributed by atoms with E-state index in [9.17, 15) is 0 Å². The Hall–Kier alpha value is -1.26. The van der Waals surface area contributed by atoms with Crippen molar-refractivity contribution in [3.8, 4) is 11.5 Å². The van der Waals surface area contributed by atoms with Gasteiger partial charge in [0.15, 0.2) is 0 Å². The fourth-order valence-electron chi connectivity index (χ4n) is 1.48. The lowest BCUT2D eigenvalue weighted by atomic mass is 10.1. The van der Waals surface area contributed by atoms with Crippen molar-refractivity contribution in [3.63, 3.8) is 0 Å². The number of nitrogens with two attached hydrogens (primary N) is 1. The van der Waals surface area contributed by atoms with Crippen molar-refractivity contribution in [3.05, 3.63) is 23.3 Å². The number of benzene rings is 1. The molecular formula is C11H18N2O2. The molecule has 0 amide bonds. The van der Waals surface area contributed by atoms with Gasteiger partial charge in [-0.3, -0.25) is 0 Å². The minimum absolute atomic E-state index is 0.453. The van der Waals surface area contributed by atoms with E-state index in [4.69, 9.17) is 15.2 Å². The lowest BCUT2D eigenvalue weighted by molar-refractivity contribution is 0.389. The summed E-state index contributed by atoms with van der Waals surface area (Å²) < 4.78 is 10.5. The Morgan fingerprint density at radius 1 is 1.27 bits per heavy atom. The maximum atomic E-state index is 5.40. The predicted octanol–water partition coefficient (Wildman–Crippen LogP) is 1.02. The summed E-state index contributed by atoms with van der Waals surface area (Å²) in [5.74, 6) is 1.63. The molecule has 0 aromatic heterocycles. The van der Waals surface area contributed by atoms with Crippen LogP contribution in [0.1, 0.15) is 11.1 Å². The van der Waals surface area contributed by atoms with Gasteiger partial charge < -0.3 is 20.5 Å². The average molecular weight is 210 g/mol. The first kappa shape index (κ1) is 11.8. The maximum Gasteiger partial charge on any atom is 0.127 e. The summed E-state index contributed by atoms with van der Waals surface area (Å²) in [6.45, 7) is 3.18. The summed E-state index contributed by atoms with van der Waals surface area (Å²) in [6.07, 6.45) is 0. The zero-order chi connectivity index (χ0) is 11.3. The van der Waals surface area contributed by atoms with E-state index in [1.165, 1.54) is 0 Å². The molecule has 0 saturated heterocycles. The summed E-state index contributed by atoms with van der Waals surface area (Å²) >= 11 is 0. The summed E-state index contributed by atoms with van der Waals surface area (Å²) in [4.78, 5) is 0. The van der Waals surface area contributed by atoms with Crippen LogP contribution in [0.15, 0.2) is 12.1 Å². The molecule has 15 heavy (non-hydrogen) atoms. The van der Waals surface area contributed by atoms with Crippen LogP contribution >= 0.6 is 0 Å². The fraction of sp³-hybridized carbons (Fsp3) is 0.455. The molecule has 1 aromatic rings. The van der Waals surface area contributed by atoms with Gasteiger partial charge in [-0.1, -0.05) is 0 Å². The molecule has 4 nitrogen and oxygen atoms in total. The Kier molecular flexibility index (Phi) is 4.39. The van der Waals surface area contributed by atoms with Crippen LogP contribution in [-0.2, 0) is 6.54 Å². The van der Waals surface area contributed by atoms with Crippen molar-refractivity contribution in [2.45, 2.75) is 13.5 Å². The van der Waals surface area contributed by atoms with Crippen molar-refractivity contribution < 1.29 is 9.47 Å². The molecule has 1 aromatic carbocycles. The highest BCUT2D eigenvalue weighted by Gasteiger charge is 2.08. The second-order valence-electron chi connectivity index (χ2n) is 3.26. The lowest BCUT2D eigenvalue weighted by Crippen LogP contribution is -2.22. The molecule has 0 spiro atoms. The van der Waals surface area contributed by atoms with Crippen LogP contribution in [0, 0.1) is 6.92 Å². The van der Waals surface area contributed by atoms with E-state index < -0.39 is 0 Å². The highest BCUT2D eigenvalue weighted by atomic mass is 16.5. The first-order valence-corrected chi connectivity index (χ1v) is 4.85. The number of hydrogen-bond donors (Lipinski definition) is 2. The van der Waals surface area contributed by atoms with E-state index in [0.717, 1.165) is 22.6 Å². The molecule has 0 radical (unpaired) electrons. The molecule has 4 heteroatoms. The molecule has 0 heterocycles. The minimum atomic E-state index is 0.453. The van der Waals surface area contributed by atoms with Gasteiger partial charge in [-0.15, -0.1) is 0 Å². The van der Waals surface area contributed by atoms with Gasteiger partial charge in [0, 0.05) is 24.8 Å². The number of nitrogens with one attached hydrogen (secondary N) is 1. The van der Waals surface area contributed by atoms with Gasteiger partial charge in [0.1, 0.15) is 11.5 Å². The van der Waals surface area contributed by atoms with E-state index in [2.05, 4.69) is 5.32 Å².